The molecule has 0 aliphatic rings. The number of halogens is 1. The Morgan fingerprint density at radius 1 is 1.21 bits per heavy atom. The molecule has 0 saturated carbocycles. The monoisotopic (exact) mass is 327 g/mol. The van der Waals surface area contributed by atoms with Crippen molar-refractivity contribution in [2.75, 3.05) is 19.8 Å². The molecule has 1 rings (SSSR count). The van der Waals surface area contributed by atoms with Crippen molar-refractivity contribution in [1.29, 1.82) is 0 Å². The predicted molar refractivity (Wildman–Crippen MR) is 85.7 cm³/mol. The van der Waals surface area contributed by atoms with Crippen LogP contribution in [-0.2, 0) is 11.2 Å². The van der Waals surface area contributed by atoms with Gasteiger partial charge in [-0.05, 0) is 56.8 Å². The van der Waals surface area contributed by atoms with Gasteiger partial charge in [0.2, 0.25) is 0 Å². The topological polar surface area (TPSA) is 21.3 Å². The summed E-state index contributed by atoms with van der Waals surface area (Å²) in [5, 5.41) is 3.64. The fraction of sp³-hybridized carbons (Fsp3) is 0.625. The highest BCUT2D eigenvalue weighted by molar-refractivity contribution is 9.10. The molecule has 0 bridgehead atoms. The van der Waals surface area contributed by atoms with Crippen LogP contribution in [0.5, 0.6) is 0 Å². The van der Waals surface area contributed by atoms with Crippen LogP contribution in [0.2, 0.25) is 0 Å². The van der Waals surface area contributed by atoms with Gasteiger partial charge in [0.1, 0.15) is 0 Å². The molecule has 0 saturated heterocycles. The second-order valence-electron chi connectivity index (χ2n) is 4.82. The summed E-state index contributed by atoms with van der Waals surface area (Å²) in [6.45, 7) is 7.05. The van der Waals surface area contributed by atoms with Crippen LogP contribution in [0.15, 0.2) is 28.7 Å². The van der Waals surface area contributed by atoms with Gasteiger partial charge in [0.15, 0.2) is 0 Å². The molecular weight excluding hydrogens is 302 g/mol. The summed E-state index contributed by atoms with van der Waals surface area (Å²) >= 11 is 3.48. The van der Waals surface area contributed by atoms with E-state index in [-0.39, 0.29) is 0 Å². The standard InChI is InChI=1S/C16H26BrNO/c1-3-11-18-16(6-5-12-19-4-2)13-14-7-9-15(17)10-8-14/h7-10,16,18H,3-6,11-13H2,1-2H3. The second kappa shape index (κ2) is 10.4. The highest BCUT2D eigenvalue weighted by Crippen LogP contribution is 2.13. The lowest BCUT2D eigenvalue weighted by atomic mass is 10.0. The average Bonchev–Trinajstić information content (AvgIpc) is 2.43. The number of nitrogens with one attached hydrogen (secondary N) is 1. The van der Waals surface area contributed by atoms with Crippen molar-refractivity contribution < 1.29 is 4.74 Å². The van der Waals surface area contributed by atoms with Crippen LogP contribution in [0.25, 0.3) is 0 Å². The van der Waals surface area contributed by atoms with Gasteiger partial charge in [0, 0.05) is 23.7 Å². The molecule has 2 nitrogen and oxygen atoms in total. The summed E-state index contributed by atoms with van der Waals surface area (Å²) < 4.78 is 6.56. The molecule has 0 aromatic heterocycles. The largest absolute Gasteiger partial charge is 0.382 e. The molecule has 1 N–H and O–H groups in total. The Hall–Kier alpha value is -0.380. The van der Waals surface area contributed by atoms with E-state index in [0.29, 0.717) is 6.04 Å². The Labute approximate surface area is 126 Å². The number of ether oxygens (including phenoxy) is 1. The normalized spacial score (nSPS) is 12.6. The predicted octanol–water partition coefficient (Wildman–Crippen LogP) is 4.18. The van der Waals surface area contributed by atoms with Gasteiger partial charge in [-0.2, -0.15) is 0 Å². The van der Waals surface area contributed by atoms with Gasteiger partial charge in [0.25, 0.3) is 0 Å². The van der Waals surface area contributed by atoms with Crippen LogP contribution in [0.1, 0.15) is 38.7 Å². The quantitative estimate of drug-likeness (QED) is 0.651. The first-order valence-electron chi connectivity index (χ1n) is 7.31. The van der Waals surface area contributed by atoms with E-state index in [1.54, 1.807) is 0 Å². The zero-order valence-corrected chi connectivity index (χ0v) is 13.7. The highest BCUT2D eigenvalue weighted by atomic mass is 79.9. The number of benzene rings is 1. The molecule has 0 radical (unpaired) electrons. The van der Waals surface area contributed by atoms with Gasteiger partial charge >= 0.3 is 0 Å². The Morgan fingerprint density at radius 2 is 1.95 bits per heavy atom. The third-order valence-electron chi connectivity index (χ3n) is 3.12. The van der Waals surface area contributed by atoms with Crippen LogP contribution >= 0.6 is 15.9 Å². The molecule has 0 aliphatic carbocycles. The SMILES string of the molecule is CCCNC(CCCOCC)Cc1ccc(Br)cc1. The van der Waals surface area contributed by atoms with Crippen LogP contribution in [-0.4, -0.2) is 25.8 Å². The van der Waals surface area contributed by atoms with Crippen molar-refractivity contribution in [3.05, 3.63) is 34.3 Å². The van der Waals surface area contributed by atoms with Crippen LogP contribution in [0.4, 0.5) is 0 Å². The highest BCUT2D eigenvalue weighted by Gasteiger charge is 2.08. The molecule has 1 unspecified atom stereocenters. The number of hydrogen-bond donors (Lipinski definition) is 1. The Morgan fingerprint density at radius 3 is 2.58 bits per heavy atom. The van der Waals surface area contributed by atoms with Gasteiger partial charge in [-0.15, -0.1) is 0 Å². The van der Waals surface area contributed by atoms with E-state index in [2.05, 4.69) is 59.4 Å². The first-order chi connectivity index (χ1) is 9.26. The Bertz CT molecular complexity index is 326. The smallest absolute Gasteiger partial charge is 0.0466 e. The Balaban J connectivity index is 2.41. The van der Waals surface area contributed by atoms with Crippen LogP contribution in [0.3, 0.4) is 0 Å². The average molecular weight is 328 g/mol. The maximum Gasteiger partial charge on any atom is 0.0466 e. The van der Waals surface area contributed by atoms with Gasteiger partial charge in [-0.1, -0.05) is 35.0 Å². The van der Waals surface area contributed by atoms with Crippen molar-refractivity contribution in [3.63, 3.8) is 0 Å². The van der Waals surface area contributed by atoms with Crippen molar-refractivity contribution in [2.45, 2.75) is 45.6 Å². The zero-order chi connectivity index (χ0) is 13.9. The third kappa shape index (κ3) is 7.71. The van der Waals surface area contributed by atoms with E-state index in [4.69, 9.17) is 4.74 Å². The lowest BCUT2D eigenvalue weighted by molar-refractivity contribution is 0.140. The summed E-state index contributed by atoms with van der Waals surface area (Å²) in [4.78, 5) is 0. The second-order valence-corrected chi connectivity index (χ2v) is 5.74. The number of hydrogen-bond acceptors (Lipinski definition) is 2. The minimum absolute atomic E-state index is 0.557. The molecule has 0 heterocycles. The molecule has 0 fully saturated rings. The van der Waals surface area contributed by atoms with Gasteiger partial charge in [-0.3, -0.25) is 0 Å². The van der Waals surface area contributed by atoms with E-state index in [1.807, 2.05) is 0 Å². The molecule has 19 heavy (non-hydrogen) atoms. The summed E-state index contributed by atoms with van der Waals surface area (Å²) in [6, 6.07) is 9.20. The maximum atomic E-state index is 5.42. The molecule has 1 atom stereocenters. The molecular formula is C16H26BrNO. The molecule has 1 aromatic rings. The van der Waals surface area contributed by atoms with Gasteiger partial charge in [-0.25, -0.2) is 0 Å². The third-order valence-corrected chi connectivity index (χ3v) is 3.65. The van der Waals surface area contributed by atoms with Crippen LogP contribution < -0.4 is 5.32 Å². The fourth-order valence-electron chi connectivity index (χ4n) is 2.11. The first-order valence-corrected chi connectivity index (χ1v) is 8.11. The van der Waals surface area contributed by atoms with E-state index in [9.17, 15) is 0 Å². The van der Waals surface area contributed by atoms with Crippen molar-refractivity contribution in [3.8, 4) is 0 Å². The van der Waals surface area contributed by atoms with E-state index in [1.165, 1.54) is 18.4 Å². The summed E-state index contributed by atoms with van der Waals surface area (Å²) in [5.41, 5.74) is 1.40. The molecule has 0 amide bonds. The van der Waals surface area contributed by atoms with Crippen LogP contribution in [0, 0.1) is 0 Å². The molecule has 0 aliphatic heterocycles. The number of rotatable bonds is 10. The Kier molecular flexibility index (Phi) is 9.14. The summed E-state index contributed by atoms with van der Waals surface area (Å²) in [6.07, 6.45) is 4.59. The molecule has 0 spiro atoms. The van der Waals surface area contributed by atoms with Crippen molar-refractivity contribution in [1.82, 2.24) is 5.32 Å². The molecule has 108 valence electrons. The van der Waals surface area contributed by atoms with E-state index < -0.39 is 0 Å². The van der Waals surface area contributed by atoms with Gasteiger partial charge < -0.3 is 10.1 Å². The fourth-order valence-corrected chi connectivity index (χ4v) is 2.37. The molecule has 3 heteroatoms. The van der Waals surface area contributed by atoms with Crippen molar-refractivity contribution >= 4 is 15.9 Å². The zero-order valence-electron chi connectivity index (χ0n) is 12.1. The minimum Gasteiger partial charge on any atom is -0.382 e. The minimum atomic E-state index is 0.557. The maximum absolute atomic E-state index is 5.42. The molecule has 1 aromatic carbocycles. The summed E-state index contributed by atoms with van der Waals surface area (Å²) in [5.74, 6) is 0. The lowest BCUT2D eigenvalue weighted by Crippen LogP contribution is -2.32. The summed E-state index contributed by atoms with van der Waals surface area (Å²) in [7, 11) is 0. The van der Waals surface area contributed by atoms with E-state index >= 15 is 0 Å². The van der Waals surface area contributed by atoms with Crippen molar-refractivity contribution in [2.24, 2.45) is 0 Å². The van der Waals surface area contributed by atoms with E-state index in [0.717, 1.165) is 37.1 Å². The first kappa shape index (κ1) is 16.7. The lowest BCUT2D eigenvalue weighted by Gasteiger charge is -2.18. The van der Waals surface area contributed by atoms with Gasteiger partial charge in [0.05, 0.1) is 0 Å².